The summed E-state index contributed by atoms with van der Waals surface area (Å²) in [5.41, 5.74) is -0.443. The maximum atomic E-state index is 11.6. The molecule has 0 aromatic carbocycles. The van der Waals surface area contributed by atoms with E-state index in [2.05, 4.69) is 5.32 Å². The molecule has 0 bridgehead atoms. The van der Waals surface area contributed by atoms with E-state index >= 15 is 0 Å². The van der Waals surface area contributed by atoms with Crippen molar-refractivity contribution in [2.24, 2.45) is 5.92 Å². The lowest BCUT2D eigenvalue weighted by molar-refractivity contribution is -0.154. The van der Waals surface area contributed by atoms with E-state index in [-0.39, 0.29) is 30.4 Å². The first kappa shape index (κ1) is 16.0. The predicted molar refractivity (Wildman–Crippen MR) is 71.6 cm³/mol. The van der Waals surface area contributed by atoms with Crippen LogP contribution in [0.5, 0.6) is 0 Å². The molecule has 1 N–H and O–H groups in total. The van der Waals surface area contributed by atoms with Gasteiger partial charge in [-0.15, -0.1) is 0 Å². The quantitative estimate of drug-likeness (QED) is 0.788. The minimum atomic E-state index is -0.443. The van der Waals surface area contributed by atoms with Crippen LogP contribution >= 0.6 is 0 Å². The molecule has 0 unspecified atom stereocenters. The van der Waals surface area contributed by atoms with Crippen molar-refractivity contribution in [3.8, 4) is 0 Å². The Morgan fingerprint density at radius 2 is 1.74 bits per heavy atom. The molecule has 1 aliphatic carbocycles. The van der Waals surface area contributed by atoms with Crippen LogP contribution in [-0.2, 0) is 19.1 Å². The van der Waals surface area contributed by atoms with Crippen LogP contribution in [-0.4, -0.2) is 37.2 Å². The summed E-state index contributed by atoms with van der Waals surface area (Å²) >= 11 is 0. The third kappa shape index (κ3) is 6.05. The van der Waals surface area contributed by atoms with Gasteiger partial charge in [-0.05, 0) is 46.5 Å². The molecule has 1 fully saturated rings. The van der Waals surface area contributed by atoms with Gasteiger partial charge in [0, 0.05) is 6.04 Å². The highest BCUT2D eigenvalue weighted by atomic mass is 16.6. The highest BCUT2D eigenvalue weighted by Crippen LogP contribution is 2.25. The molecule has 19 heavy (non-hydrogen) atoms. The topological polar surface area (TPSA) is 64.6 Å². The molecule has 5 nitrogen and oxygen atoms in total. The molecule has 0 spiro atoms. The molecule has 0 aromatic rings. The molecule has 0 saturated heterocycles. The van der Waals surface area contributed by atoms with E-state index in [9.17, 15) is 9.59 Å². The Hall–Kier alpha value is -1.10. The highest BCUT2D eigenvalue weighted by molar-refractivity contribution is 5.72. The number of methoxy groups -OCH3 is 1. The van der Waals surface area contributed by atoms with Crippen molar-refractivity contribution in [3.05, 3.63) is 0 Å². The number of hydrogen-bond donors (Lipinski definition) is 1. The van der Waals surface area contributed by atoms with Gasteiger partial charge in [-0.25, -0.2) is 0 Å². The van der Waals surface area contributed by atoms with Crippen molar-refractivity contribution in [1.29, 1.82) is 0 Å². The molecule has 110 valence electrons. The fraction of sp³-hybridized carbons (Fsp3) is 0.857. The fourth-order valence-corrected chi connectivity index (χ4v) is 2.31. The Kier molecular flexibility index (Phi) is 5.79. The summed E-state index contributed by atoms with van der Waals surface area (Å²) in [7, 11) is 1.43. The maximum Gasteiger partial charge on any atom is 0.320 e. The average molecular weight is 271 g/mol. The number of rotatable bonds is 4. The third-order valence-electron chi connectivity index (χ3n) is 3.22. The van der Waals surface area contributed by atoms with Crippen molar-refractivity contribution >= 4 is 11.9 Å². The van der Waals surface area contributed by atoms with Crippen molar-refractivity contribution < 1.29 is 19.1 Å². The minimum Gasteiger partial charge on any atom is -0.469 e. The van der Waals surface area contributed by atoms with E-state index in [1.54, 1.807) is 0 Å². The first-order valence-corrected chi connectivity index (χ1v) is 6.85. The number of carbonyl (C=O) groups excluding carboxylic acids is 2. The summed E-state index contributed by atoms with van der Waals surface area (Å²) in [6, 6.07) is 0.286. The molecular formula is C14H25NO4. The minimum absolute atomic E-state index is 0.0181. The molecule has 0 radical (unpaired) electrons. The van der Waals surface area contributed by atoms with Crippen LogP contribution < -0.4 is 5.32 Å². The van der Waals surface area contributed by atoms with Gasteiger partial charge in [0.1, 0.15) is 5.60 Å². The van der Waals surface area contributed by atoms with E-state index in [0.717, 1.165) is 25.7 Å². The Labute approximate surface area is 115 Å². The zero-order valence-electron chi connectivity index (χ0n) is 12.3. The summed E-state index contributed by atoms with van der Waals surface area (Å²) in [5, 5.41) is 3.19. The number of ether oxygens (including phenoxy) is 2. The molecule has 1 aliphatic rings. The van der Waals surface area contributed by atoms with Gasteiger partial charge >= 0.3 is 11.9 Å². The Morgan fingerprint density at radius 1 is 1.16 bits per heavy atom. The van der Waals surface area contributed by atoms with Gasteiger partial charge in [0.2, 0.25) is 0 Å². The summed E-state index contributed by atoms with van der Waals surface area (Å²) in [5.74, 6) is -0.335. The van der Waals surface area contributed by atoms with Gasteiger partial charge in [0.15, 0.2) is 0 Å². The summed E-state index contributed by atoms with van der Waals surface area (Å²) in [4.78, 5) is 22.9. The Morgan fingerprint density at radius 3 is 2.21 bits per heavy atom. The second-order valence-corrected chi connectivity index (χ2v) is 6.04. The summed E-state index contributed by atoms with van der Waals surface area (Å²) < 4.78 is 9.97. The third-order valence-corrected chi connectivity index (χ3v) is 3.22. The predicted octanol–water partition coefficient (Wildman–Crippen LogP) is 1.65. The van der Waals surface area contributed by atoms with Crippen LogP contribution in [0.4, 0.5) is 0 Å². The summed E-state index contributed by atoms with van der Waals surface area (Å²) in [6.07, 6.45) is 3.42. The lowest BCUT2D eigenvalue weighted by Gasteiger charge is -2.28. The zero-order valence-corrected chi connectivity index (χ0v) is 12.3. The largest absolute Gasteiger partial charge is 0.469 e. The van der Waals surface area contributed by atoms with Crippen LogP contribution in [0.3, 0.4) is 0 Å². The molecule has 5 heteroatoms. The monoisotopic (exact) mass is 271 g/mol. The normalized spacial score (nSPS) is 23.8. The number of carbonyl (C=O) groups is 2. The molecule has 0 heterocycles. The van der Waals surface area contributed by atoms with Gasteiger partial charge in [-0.2, -0.15) is 0 Å². The van der Waals surface area contributed by atoms with Crippen LogP contribution in [0.15, 0.2) is 0 Å². The molecule has 1 rings (SSSR count). The second kappa shape index (κ2) is 6.89. The molecule has 0 aromatic heterocycles. The van der Waals surface area contributed by atoms with Gasteiger partial charge < -0.3 is 14.8 Å². The van der Waals surface area contributed by atoms with Crippen LogP contribution in [0.2, 0.25) is 0 Å². The molecular weight excluding hydrogens is 246 g/mol. The van der Waals surface area contributed by atoms with Crippen molar-refractivity contribution in [3.63, 3.8) is 0 Å². The highest BCUT2D eigenvalue weighted by Gasteiger charge is 2.27. The first-order valence-electron chi connectivity index (χ1n) is 6.85. The number of hydrogen-bond acceptors (Lipinski definition) is 5. The van der Waals surface area contributed by atoms with E-state index in [1.807, 2.05) is 20.8 Å². The van der Waals surface area contributed by atoms with E-state index in [4.69, 9.17) is 9.47 Å². The van der Waals surface area contributed by atoms with E-state index < -0.39 is 5.60 Å². The standard InChI is InChI=1S/C14H25NO4/c1-14(2,3)19-12(16)9-15-11-7-5-10(6-8-11)13(17)18-4/h10-11,15H,5-9H2,1-4H3. The van der Waals surface area contributed by atoms with E-state index in [0.29, 0.717) is 0 Å². The Balaban J connectivity index is 2.23. The molecule has 1 saturated carbocycles. The van der Waals surface area contributed by atoms with Gasteiger partial charge in [0.05, 0.1) is 19.6 Å². The molecule has 0 amide bonds. The van der Waals surface area contributed by atoms with E-state index in [1.165, 1.54) is 7.11 Å². The SMILES string of the molecule is COC(=O)C1CCC(NCC(=O)OC(C)(C)C)CC1. The van der Waals surface area contributed by atoms with Crippen LogP contribution in [0.1, 0.15) is 46.5 Å². The lowest BCUT2D eigenvalue weighted by Crippen LogP contribution is -2.40. The number of esters is 2. The van der Waals surface area contributed by atoms with Crippen molar-refractivity contribution in [2.45, 2.75) is 58.1 Å². The maximum absolute atomic E-state index is 11.6. The smallest absolute Gasteiger partial charge is 0.320 e. The fourth-order valence-electron chi connectivity index (χ4n) is 2.31. The van der Waals surface area contributed by atoms with Crippen molar-refractivity contribution in [1.82, 2.24) is 5.32 Å². The average Bonchev–Trinajstić information content (AvgIpc) is 2.34. The molecule has 0 aliphatic heterocycles. The van der Waals surface area contributed by atoms with Crippen molar-refractivity contribution in [2.75, 3.05) is 13.7 Å². The van der Waals surface area contributed by atoms with Gasteiger partial charge in [0.25, 0.3) is 0 Å². The van der Waals surface area contributed by atoms with Crippen LogP contribution in [0, 0.1) is 5.92 Å². The molecule has 0 atom stereocenters. The lowest BCUT2D eigenvalue weighted by atomic mass is 9.86. The summed E-state index contributed by atoms with van der Waals surface area (Å²) in [6.45, 7) is 5.79. The second-order valence-electron chi connectivity index (χ2n) is 6.04. The van der Waals surface area contributed by atoms with Gasteiger partial charge in [-0.3, -0.25) is 9.59 Å². The zero-order chi connectivity index (χ0) is 14.5. The first-order chi connectivity index (χ1) is 8.81. The van der Waals surface area contributed by atoms with Gasteiger partial charge in [-0.1, -0.05) is 0 Å². The van der Waals surface area contributed by atoms with Crippen LogP contribution in [0.25, 0.3) is 0 Å². The Bertz CT molecular complexity index is 314. The number of nitrogens with one attached hydrogen (secondary N) is 1.